The number of carbonyl (C=O) groups is 2. The van der Waals surface area contributed by atoms with Crippen LogP contribution in [0.3, 0.4) is 0 Å². The van der Waals surface area contributed by atoms with Gasteiger partial charge in [0.25, 0.3) is 0 Å². The van der Waals surface area contributed by atoms with Gasteiger partial charge in [0.05, 0.1) is 24.1 Å². The van der Waals surface area contributed by atoms with E-state index in [1.807, 2.05) is 13.0 Å². The van der Waals surface area contributed by atoms with Crippen LogP contribution < -0.4 is 15.5 Å². The van der Waals surface area contributed by atoms with E-state index in [9.17, 15) is 14.7 Å². The molecule has 0 bridgehead atoms. The number of anilines is 1. The van der Waals surface area contributed by atoms with E-state index in [0.29, 0.717) is 40.7 Å². The van der Waals surface area contributed by atoms with Crippen LogP contribution in [0.15, 0.2) is 64.1 Å². The molecule has 0 aliphatic heterocycles. The third-order valence-electron chi connectivity index (χ3n) is 4.17. The molecule has 0 atom stereocenters. The summed E-state index contributed by atoms with van der Waals surface area (Å²) in [6.07, 6.45) is 1.35. The van der Waals surface area contributed by atoms with Crippen molar-refractivity contribution in [2.45, 2.75) is 13.8 Å². The monoisotopic (exact) mass is 407 g/mol. The molecule has 3 aromatic rings. The summed E-state index contributed by atoms with van der Waals surface area (Å²) in [5.41, 5.74) is 4.40. The SMILES string of the molecule is CCOc1ccccc1NC(=O)N/N=C/c1ccc(-c2ccc(C)c(C(=O)O)c2)o1. The predicted octanol–water partition coefficient (Wildman–Crippen LogP) is 4.51. The van der Waals surface area contributed by atoms with E-state index < -0.39 is 12.0 Å². The van der Waals surface area contributed by atoms with Crippen LogP contribution in [0.2, 0.25) is 0 Å². The molecule has 154 valence electrons. The van der Waals surface area contributed by atoms with Crippen LogP contribution >= 0.6 is 0 Å². The molecule has 8 heteroatoms. The lowest BCUT2D eigenvalue weighted by Crippen LogP contribution is -2.24. The molecule has 0 saturated carbocycles. The molecule has 1 heterocycles. The van der Waals surface area contributed by atoms with Crippen molar-refractivity contribution in [3.8, 4) is 17.1 Å². The van der Waals surface area contributed by atoms with Gasteiger partial charge in [-0.25, -0.2) is 15.0 Å². The van der Waals surface area contributed by atoms with Gasteiger partial charge < -0.3 is 19.6 Å². The molecule has 0 aliphatic rings. The number of carboxylic acid groups (broad SMARTS) is 1. The molecule has 1 aromatic heterocycles. The number of benzene rings is 2. The summed E-state index contributed by atoms with van der Waals surface area (Å²) < 4.78 is 11.1. The van der Waals surface area contributed by atoms with Crippen LogP contribution in [0, 0.1) is 6.92 Å². The minimum atomic E-state index is -0.996. The largest absolute Gasteiger partial charge is 0.492 e. The highest BCUT2D eigenvalue weighted by atomic mass is 16.5. The standard InChI is InChI=1S/C22H21N3O5/c1-3-29-20-7-5-4-6-18(20)24-22(28)25-23-13-16-10-11-19(30-16)15-9-8-14(2)17(12-15)21(26)27/h4-13H,3H2,1-2H3,(H,26,27)(H2,24,25,28)/b23-13+. The van der Waals surface area contributed by atoms with Crippen molar-refractivity contribution in [3.63, 3.8) is 0 Å². The molecule has 30 heavy (non-hydrogen) atoms. The Kier molecular flexibility index (Phi) is 6.49. The second-order valence-electron chi connectivity index (χ2n) is 6.29. The number of aromatic carboxylic acids is 1. The summed E-state index contributed by atoms with van der Waals surface area (Å²) in [4.78, 5) is 23.3. The number of nitrogens with one attached hydrogen (secondary N) is 2. The van der Waals surface area contributed by atoms with Crippen molar-refractivity contribution >= 4 is 23.9 Å². The number of carbonyl (C=O) groups excluding carboxylic acids is 1. The topological polar surface area (TPSA) is 113 Å². The highest BCUT2D eigenvalue weighted by Crippen LogP contribution is 2.25. The predicted molar refractivity (Wildman–Crippen MR) is 113 cm³/mol. The van der Waals surface area contributed by atoms with E-state index in [1.165, 1.54) is 6.21 Å². The van der Waals surface area contributed by atoms with Gasteiger partial charge in [0.15, 0.2) is 0 Å². The Hall–Kier alpha value is -4.07. The van der Waals surface area contributed by atoms with Crippen LogP contribution in [0.5, 0.6) is 5.75 Å². The molecular weight excluding hydrogens is 386 g/mol. The number of urea groups is 1. The highest BCUT2D eigenvalue weighted by molar-refractivity contribution is 5.92. The lowest BCUT2D eigenvalue weighted by Gasteiger charge is -2.10. The van der Waals surface area contributed by atoms with E-state index in [-0.39, 0.29) is 5.56 Å². The van der Waals surface area contributed by atoms with Crippen molar-refractivity contribution in [3.05, 3.63) is 71.5 Å². The average molecular weight is 407 g/mol. The zero-order chi connectivity index (χ0) is 21.5. The summed E-state index contributed by atoms with van der Waals surface area (Å²) in [5.74, 6) is 0.462. The first-order valence-corrected chi connectivity index (χ1v) is 9.24. The number of hydrazone groups is 1. The van der Waals surface area contributed by atoms with Crippen LogP contribution in [0.25, 0.3) is 11.3 Å². The maximum Gasteiger partial charge on any atom is 0.339 e. The Bertz CT molecular complexity index is 1090. The Morgan fingerprint density at radius 2 is 1.97 bits per heavy atom. The van der Waals surface area contributed by atoms with Gasteiger partial charge in [-0.15, -0.1) is 0 Å². The molecule has 0 unspecified atom stereocenters. The first-order valence-electron chi connectivity index (χ1n) is 9.24. The quantitative estimate of drug-likeness (QED) is 0.394. The van der Waals surface area contributed by atoms with Crippen molar-refractivity contribution in [1.29, 1.82) is 0 Å². The molecule has 3 rings (SSSR count). The third-order valence-corrected chi connectivity index (χ3v) is 4.17. The Balaban J connectivity index is 1.63. The average Bonchev–Trinajstić information content (AvgIpc) is 3.19. The number of hydrogen-bond donors (Lipinski definition) is 3. The minimum Gasteiger partial charge on any atom is -0.492 e. The molecule has 2 amide bonds. The maximum atomic E-state index is 12.0. The number of aryl methyl sites for hydroxylation is 1. The fourth-order valence-electron chi connectivity index (χ4n) is 2.74. The fourth-order valence-corrected chi connectivity index (χ4v) is 2.74. The van der Waals surface area contributed by atoms with E-state index >= 15 is 0 Å². The number of amides is 2. The van der Waals surface area contributed by atoms with E-state index in [4.69, 9.17) is 9.15 Å². The van der Waals surface area contributed by atoms with Crippen LogP contribution in [0.4, 0.5) is 10.5 Å². The number of ether oxygens (including phenoxy) is 1. The minimum absolute atomic E-state index is 0.213. The number of carboxylic acids is 1. The molecule has 0 spiro atoms. The van der Waals surface area contributed by atoms with Gasteiger partial charge in [0, 0.05) is 5.56 Å². The van der Waals surface area contributed by atoms with Crippen molar-refractivity contribution < 1.29 is 23.8 Å². The van der Waals surface area contributed by atoms with Gasteiger partial charge >= 0.3 is 12.0 Å². The summed E-state index contributed by atoms with van der Waals surface area (Å²) >= 11 is 0. The van der Waals surface area contributed by atoms with Crippen molar-refractivity contribution in [2.75, 3.05) is 11.9 Å². The number of nitrogens with zero attached hydrogens (tertiary/aromatic N) is 1. The Morgan fingerprint density at radius 3 is 2.73 bits per heavy atom. The summed E-state index contributed by atoms with van der Waals surface area (Å²) in [5, 5.41) is 15.8. The van der Waals surface area contributed by atoms with Gasteiger partial charge in [0.1, 0.15) is 17.3 Å². The van der Waals surface area contributed by atoms with Gasteiger partial charge in [-0.05, 0) is 49.7 Å². The van der Waals surface area contributed by atoms with E-state index in [2.05, 4.69) is 15.8 Å². The maximum absolute atomic E-state index is 12.0. The second kappa shape index (κ2) is 9.42. The first-order chi connectivity index (χ1) is 14.5. The first kappa shape index (κ1) is 20.7. The second-order valence-corrected chi connectivity index (χ2v) is 6.29. The molecule has 0 aliphatic carbocycles. The molecule has 0 fully saturated rings. The van der Waals surface area contributed by atoms with E-state index in [1.54, 1.807) is 55.5 Å². The molecule has 3 N–H and O–H groups in total. The van der Waals surface area contributed by atoms with Gasteiger partial charge in [-0.2, -0.15) is 5.10 Å². The molecule has 0 saturated heterocycles. The Morgan fingerprint density at radius 1 is 1.17 bits per heavy atom. The number of furan rings is 1. The van der Waals surface area contributed by atoms with Crippen molar-refractivity contribution in [1.82, 2.24) is 5.43 Å². The van der Waals surface area contributed by atoms with Crippen LogP contribution in [-0.4, -0.2) is 29.9 Å². The summed E-state index contributed by atoms with van der Waals surface area (Å²) in [7, 11) is 0. The number of para-hydroxylation sites is 2. The molecule has 2 aromatic carbocycles. The van der Waals surface area contributed by atoms with Gasteiger partial charge in [-0.3, -0.25) is 0 Å². The van der Waals surface area contributed by atoms with Crippen LogP contribution in [0.1, 0.15) is 28.6 Å². The third kappa shape index (κ3) is 5.05. The molecule has 0 radical (unpaired) electrons. The lowest BCUT2D eigenvalue weighted by molar-refractivity contribution is 0.0696. The zero-order valence-corrected chi connectivity index (χ0v) is 16.5. The highest BCUT2D eigenvalue weighted by Gasteiger charge is 2.11. The molecular formula is C22H21N3O5. The normalized spacial score (nSPS) is 10.7. The number of rotatable bonds is 7. The zero-order valence-electron chi connectivity index (χ0n) is 16.5. The summed E-state index contributed by atoms with van der Waals surface area (Å²) in [6.45, 7) is 4.07. The smallest absolute Gasteiger partial charge is 0.339 e. The number of hydrogen-bond acceptors (Lipinski definition) is 5. The van der Waals surface area contributed by atoms with Gasteiger partial charge in [-0.1, -0.05) is 24.3 Å². The van der Waals surface area contributed by atoms with Crippen LogP contribution in [-0.2, 0) is 0 Å². The van der Waals surface area contributed by atoms with Gasteiger partial charge in [0.2, 0.25) is 0 Å². The molecule has 8 nitrogen and oxygen atoms in total. The lowest BCUT2D eigenvalue weighted by atomic mass is 10.0. The fraction of sp³-hybridized carbons (Fsp3) is 0.136. The summed E-state index contributed by atoms with van der Waals surface area (Å²) in [6, 6.07) is 15.0. The Labute approximate surface area is 173 Å². The van der Waals surface area contributed by atoms with E-state index in [0.717, 1.165) is 0 Å². The van der Waals surface area contributed by atoms with Crippen molar-refractivity contribution in [2.24, 2.45) is 5.10 Å².